The number of likely N-dealkylation sites (N-methyl/N-ethyl adjacent to an activating group) is 1. The summed E-state index contributed by atoms with van der Waals surface area (Å²) in [6, 6.07) is 1.96. The molecule has 0 aliphatic heterocycles. The second kappa shape index (κ2) is 7.36. The molecule has 0 bridgehead atoms. The lowest BCUT2D eigenvalue weighted by molar-refractivity contribution is 0.152. The first-order chi connectivity index (χ1) is 9.77. The van der Waals surface area contributed by atoms with E-state index in [0.29, 0.717) is 0 Å². The summed E-state index contributed by atoms with van der Waals surface area (Å²) in [6.45, 7) is 5.20. The number of nitrogens with one attached hydrogen (secondary N) is 1. The SMILES string of the molecule is CC(C)C(NC(=O)N(C)C(C)CO)c1ccc(F)cc1F. The molecule has 0 aliphatic carbocycles. The third-order valence-corrected chi connectivity index (χ3v) is 3.49. The highest BCUT2D eigenvalue weighted by Crippen LogP contribution is 2.25. The standard InChI is InChI=1S/C15H22F2N2O2/c1-9(2)14(12-6-5-11(16)7-13(12)17)18-15(21)19(4)10(3)8-20/h5-7,9-10,14,20H,8H2,1-4H3,(H,18,21). The molecule has 0 spiro atoms. The molecule has 0 saturated heterocycles. The van der Waals surface area contributed by atoms with Gasteiger partial charge in [0, 0.05) is 18.7 Å². The van der Waals surface area contributed by atoms with Crippen molar-refractivity contribution in [2.24, 2.45) is 5.92 Å². The fourth-order valence-corrected chi connectivity index (χ4v) is 1.91. The Labute approximate surface area is 123 Å². The predicted octanol–water partition coefficient (Wildman–Crippen LogP) is 2.68. The number of aliphatic hydroxyl groups excluding tert-OH is 1. The number of hydrogen-bond donors (Lipinski definition) is 2. The maximum Gasteiger partial charge on any atom is 0.317 e. The molecule has 0 radical (unpaired) electrons. The molecule has 2 unspecified atom stereocenters. The molecule has 0 fully saturated rings. The van der Waals surface area contributed by atoms with E-state index in [-0.39, 0.29) is 24.1 Å². The first kappa shape index (κ1) is 17.4. The van der Waals surface area contributed by atoms with E-state index in [1.165, 1.54) is 17.0 Å². The Morgan fingerprint density at radius 1 is 1.33 bits per heavy atom. The fraction of sp³-hybridized carbons (Fsp3) is 0.533. The van der Waals surface area contributed by atoms with Crippen molar-refractivity contribution in [3.63, 3.8) is 0 Å². The molecule has 0 aliphatic rings. The van der Waals surface area contributed by atoms with Crippen molar-refractivity contribution in [2.75, 3.05) is 13.7 Å². The molecule has 2 amide bonds. The zero-order chi connectivity index (χ0) is 16.2. The minimum atomic E-state index is -0.688. The number of nitrogens with zero attached hydrogens (tertiary/aromatic N) is 1. The lowest BCUT2D eigenvalue weighted by Gasteiger charge is -2.29. The van der Waals surface area contributed by atoms with Crippen molar-refractivity contribution in [3.8, 4) is 0 Å². The normalized spacial score (nSPS) is 13.9. The van der Waals surface area contributed by atoms with Crippen LogP contribution in [-0.2, 0) is 0 Å². The Hall–Kier alpha value is -1.69. The second-order valence-corrected chi connectivity index (χ2v) is 5.48. The van der Waals surface area contributed by atoms with E-state index >= 15 is 0 Å². The molecule has 2 atom stereocenters. The van der Waals surface area contributed by atoms with Gasteiger partial charge in [0.05, 0.1) is 18.7 Å². The molecular formula is C15H22F2N2O2. The lowest BCUT2D eigenvalue weighted by atomic mass is 9.95. The van der Waals surface area contributed by atoms with Gasteiger partial charge in [0.15, 0.2) is 0 Å². The maximum absolute atomic E-state index is 13.9. The monoisotopic (exact) mass is 300 g/mol. The van der Waals surface area contributed by atoms with Gasteiger partial charge in [-0.25, -0.2) is 13.6 Å². The average molecular weight is 300 g/mol. The van der Waals surface area contributed by atoms with E-state index in [4.69, 9.17) is 5.11 Å². The van der Waals surface area contributed by atoms with Gasteiger partial charge >= 0.3 is 6.03 Å². The zero-order valence-electron chi connectivity index (χ0n) is 12.7. The van der Waals surface area contributed by atoms with E-state index in [1.54, 1.807) is 14.0 Å². The summed E-state index contributed by atoms with van der Waals surface area (Å²) in [4.78, 5) is 13.5. The molecule has 1 rings (SSSR count). The molecule has 1 aromatic carbocycles. The van der Waals surface area contributed by atoms with Crippen LogP contribution in [0.2, 0.25) is 0 Å². The highest BCUT2D eigenvalue weighted by molar-refractivity contribution is 5.74. The largest absolute Gasteiger partial charge is 0.394 e. The van der Waals surface area contributed by atoms with Gasteiger partial charge in [-0.05, 0) is 18.9 Å². The molecule has 1 aromatic rings. The summed E-state index contributed by atoms with van der Waals surface area (Å²) in [5, 5.41) is 11.8. The summed E-state index contributed by atoms with van der Waals surface area (Å²) in [5.74, 6) is -1.42. The van der Waals surface area contributed by atoms with Crippen LogP contribution in [0.1, 0.15) is 32.4 Å². The molecule has 6 heteroatoms. The van der Waals surface area contributed by atoms with E-state index in [1.807, 2.05) is 13.8 Å². The summed E-state index contributed by atoms with van der Waals surface area (Å²) < 4.78 is 26.9. The fourth-order valence-electron chi connectivity index (χ4n) is 1.91. The number of halogens is 2. The van der Waals surface area contributed by atoms with Crippen LogP contribution in [-0.4, -0.2) is 35.7 Å². The van der Waals surface area contributed by atoms with Crippen molar-refractivity contribution in [1.29, 1.82) is 0 Å². The van der Waals surface area contributed by atoms with Gasteiger partial charge in [0.2, 0.25) is 0 Å². The quantitative estimate of drug-likeness (QED) is 0.878. The number of urea groups is 1. The van der Waals surface area contributed by atoms with Gasteiger partial charge in [-0.2, -0.15) is 0 Å². The van der Waals surface area contributed by atoms with Crippen LogP contribution in [0.3, 0.4) is 0 Å². The smallest absolute Gasteiger partial charge is 0.317 e. The van der Waals surface area contributed by atoms with Crippen LogP contribution in [0.4, 0.5) is 13.6 Å². The zero-order valence-corrected chi connectivity index (χ0v) is 12.7. The molecular weight excluding hydrogens is 278 g/mol. The topological polar surface area (TPSA) is 52.6 Å². The number of rotatable bonds is 5. The molecule has 0 aromatic heterocycles. The number of amides is 2. The van der Waals surface area contributed by atoms with Crippen LogP contribution in [0.25, 0.3) is 0 Å². The number of aliphatic hydroxyl groups is 1. The maximum atomic E-state index is 13.9. The van der Waals surface area contributed by atoms with Gasteiger partial charge in [0.25, 0.3) is 0 Å². The summed E-state index contributed by atoms with van der Waals surface area (Å²) in [6.07, 6.45) is 0. The minimum Gasteiger partial charge on any atom is -0.394 e. The number of benzene rings is 1. The summed E-state index contributed by atoms with van der Waals surface area (Å²) in [5.41, 5.74) is 0.241. The predicted molar refractivity (Wildman–Crippen MR) is 76.8 cm³/mol. The Morgan fingerprint density at radius 3 is 2.43 bits per heavy atom. The highest BCUT2D eigenvalue weighted by atomic mass is 19.1. The van der Waals surface area contributed by atoms with Crippen molar-refractivity contribution in [3.05, 3.63) is 35.4 Å². The molecule has 21 heavy (non-hydrogen) atoms. The van der Waals surface area contributed by atoms with Gasteiger partial charge in [-0.15, -0.1) is 0 Å². The lowest BCUT2D eigenvalue weighted by Crippen LogP contribution is -2.46. The van der Waals surface area contributed by atoms with Crippen LogP contribution >= 0.6 is 0 Å². The Balaban J connectivity index is 2.95. The van der Waals surface area contributed by atoms with Crippen LogP contribution in [0.5, 0.6) is 0 Å². The van der Waals surface area contributed by atoms with E-state index < -0.39 is 23.7 Å². The molecule has 118 valence electrons. The molecule has 0 heterocycles. The number of hydrogen-bond acceptors (Lipinski definition) is 2. The van der Waals surface area contributed by atoms with Crippen molar-refractivity contribution >= 4 is 6.03 Å². The highest BCUT2D eigenvalue weighted by Gasteiger charge is 2.24. The van der Waals surface area contributed by atoms with E-state index in [9.17, 15) is 13.6 Å². The van der Waals surface area contributed by atoms with Gasteiger partial charge < -0.3 is 15.3 Å². The van der Waals surface area contributed by atoms with Gasteiger partial charge in [0.1, 0.15) is 11.6 Å². The number of carbonyl (C=O) groups excluding carboxylic acids is 1. The van der Waals surface area contributed by atoms with Crippen molar-refractivity contribution < 1.29 is 18.7 Å². The van der Waals surface area contributed by atoms with Crippen molar-refractivity contribution in [2.45, 2.75) is 32.9 Å². The molecule has 4 nitrogen and oxygen atoms in total. The van der Waals surface area contributed by atoms with Gasteiger partial charge in [-0.3, -0.25) is 0 Å². The third-order valence-electron chi connectivity index (χ3n) is 3.49. The van der Waals surface area contributed by atoms with Crippen molar-refractivity contribution in [1.82, 2.24) is 10.2 Å². The Kier molecular flexibility index (Phi) is 6.08. The van der Waals surface area contributed by atoms with Gasteiger partial charge in [-0.1, -0.05) is 19.9 Å². The summed E-state index contributed by atoms with van der Waals surface area (Å²) in [7, 11) is 1.55. The summed E-state index contributed by atoms with van der Waals surface area (Å²) >= 11 is 0. The average Bonchev–Trinajstić information content (AvgIpc) is 2.43. The second-order valence-electron chi connectivity index (χ2n) is 5.48. The van der Waals surface area contributed by atoms with Crippen LogP contribution in [0, 0.1) is 17.6 Å². The molecule has 0 saturated carbocycles. The Bertz CT molecular complexity index is 495. The van der Waals surface area contributed by atoms with Crippen LogP contribution < -0.4 is 5.32 Å². The van der Waals surface area contributed by atoms with E-state index in [0.717, 1.165) is 6.07 Å². The van der Waals surface area contributed by atoms with E-state index in [2.05, 4.69) is 5.32 Å². The third kappa shape index (κ3) is 4.39. The molecule has 2 N–H and O–H groups in total. The van der Waals surface area contributed by atoms with Crippen LogP contribution in [0.15, 0.2) is 18.2 Å². The first-order valence-corrected chi connectivity index (χ1v) is 6.87. The minimum absolute atomic E-state index is 0.0771. The number of carbonyl (C=O) groups is 1. The Morgan fingerprint density at radius 2 is 1.95 bits per heavy atom. The first-order valence-electron chi connectivity index (χ1n) is 6.87.